The smallest absolute Gasteiger partial charge is 0.335 e. The van der Waals surface area contributed by atoms with Crippen molar-refractivity contribution >= 4 is 17.8 Å². The first-order valence-corrected chi connectivity index (χ1v) is 8.01. The van der Waals surface area contributed by atoms with Gasteiger partial charge in [-0.2, -0.15) is 0 Å². The molecular weight excluding hydrogens is 350 g/mol. The van der Waals surface area contributed by atoms with E-state index >= 15 is 0 Å². The van der Waals surface area contributed by atoms with E-state index in [9.17, 15) is 9.59 Å². The second-order valence-electron chi connectivity index (χ2n) is 5.82. The normalized spacial score (nSPS) is 10.4. The van der Waals surface area contributed by atoms with Crippen LogP contribution in [0, 0.1) is 0 Å². The molecule has 0 aliphatic carbocycles. The molecule has 2 N–H and O–H groups in total. The van der Waals surface area contributed by atoms with Crippen molar-refractivity contribution in [2.24, 2.45) is 0 Å². The third-order valence-corrected chi connectivity index (χ3v) is 3.62. The minimum atomic E-state index is -1.04. The van der Waals surface area contributed by atoms with Crippen LogP contribution >= 0.6 is 0 Å². The number of carbonyl (C=O) groups excluding carboxylic acids is 1. The van der Waals surface area contributed by atoms with E-state index in [1.165, 1.54) is 23.2 Å². The summed E-state index contributed by atoms with van der Waals surface area (Å²) >= 11 is 0. The average Bonchev–Trinajstić information content (AvgIpc) is 3.15. The fraction of sp³-hybridized carbons (Fsp3) is 0.167. The molecule has 0 saturated carbocycles. The van der Waals surface area contributed by atoms with Gasteiger partial charge in [-0.25, -0.2) is 14.8 Å². The minimum Gasteiger partial charge on any atom is -0.478 e. The Morgan fingerprint density at radius 1 is 1.11 bits per heavy atom. The summed E-state index contributed by atoms with van der Waals surface area (Å²) in [7, 11) is 3.30. The lowest BCUT2D eigenvalue weighted by Crippen LogP contribution is -2.20. The number of carbonyl (C=O) groups is 2. The van der Waals surface area contributed by atoms with Crippen molar-refractivity contribution in [2.75, 3.05) is 19.4 Å². The van der Waals surface area contributed by atoms with Crippen LogP contribution in [0.2, 0.25) is 0 Å². The number of nitrogens with zero attached hydrogens (tertiary/aromatic N) is 4. The van der Waals surface area contributed by atoms with Gasteiger partial charge in [-0.15, -0.1) is 0 Å². The van der Waals surface area contributed by atoms with Gasteiger partial charge in [-0.05, 0) is 30.3 Å². The average molecular weight is 367 g/mol. The van der Waals surface area contributed by atoms with Crippen molar-refractivity contribution in [1.82, 2.24) is 19.9 Å². The number of nitrogens with one attached hydrogen (secondary N) is 1. The molecule has 0 aliphatic heterocycles. The molecule has 0 saturated heterocycles. The summed E-state index contributed by atoms with van der Waals surface area (Å²) in [6.07, 6.45) is 2.96. The maximum Gasteiger partial charge on any atom is 0.335 e. The summed E-state index contributed by atoms with van der Waals surface area (Å²) in [6, 6.07) is 7.80. The summed E-state index contributed by atoms with van der Waals surface area (Å²) in [5.41, 5.74) is 1.04. The fourth-order valence-electron chi connectivity index (χ4n) is 2.26. The molecule has 27 heavy (non-hydrogen) atoms. The van der Waals surface area contributed by atoms with Crippen molar-refractivity contribution in [3.8, 4) is 11.4 Å². The van der Waals surface area contributed by atoms with Crippen molar-refractivity contribution < 1.29 is 19.1 Å². The van der Waals surface area contributed by atoms with Crippen LogP contribution in [0.3, 0.4) is 0 Å². The second kappa shape index (κ2) is 7.65. The van der Waals surface area contributed by atoms with E-state index in [0.717, 1.165) is 0 Å². The quantitative estimate of drug-likeness (QED) is 0.680. The summed E-state index contributed by atoms with van der Waals surface area (Å²) in [5, 5.41) is 12.1. The topological polar surface area (TPSA) is 121 Å². The first kappa shape index (κ1) is 18.1. The molecule has 0 unspecified atom stereocenters. The zero-order valence-corrected chi connectivity index (χ0v) is 14.7. The summed E-state index contributed by atoms with van der Waals surface area (Å²) < 4.78 is 5.50. The standard InChI is InChI=1S/C18H17N5O4/c1-23(2)16(24)15-4-3-12(27-15)10-21-18-20-8-6-13(22-18)14-9-11(17(25)26)5-7-19-14/h3-9H,10H2,1-2H3,(H,25,26)(H,20,21,22). The van der Waals surface area contributed by atoms with Crippen LogP contribution in [0.15, 0.2) is 47.1 Å². The molecule has 3 rings (SSSR count). The lowest BCUT2D eigenvalue weighted by atomic mass is 10.2. The highest BCUT2D eigenvalue weighted by atomic mass is 16.4. The number of aromatic carboxylic acids is 1. The van der Waals surface area contributed by atoms with Gasteiger partial charge < -0.3 is 19.7 Å². The number of pyridine rings is 1. The van der Waals surface area contributed by atoms with Crippen LogP contribution in [-0.4, -0.2) is 50.9 Å². The van der Waals surface area contributed by atoms with Gasteiger partial charge in [-0.1, -0.05) is 0 Å². The number of rotatable bonds is 6. The van der Waals surface area contributed by atoms with Gasteiger partial charge in [0.1, 0.15) is 5.76 Å². The van der Waals surface area contributed by atoms with Crippen LogP contribution < -0.4 is 5.32 Å². The third-order valence-electron chi connectivity index (χ3n) is 3.62. The molecule has 0 atom stereocenters. The first-order chi connectivity index (χ1) is 12.9. The van der Waals surface area contributed by atoms with Gasteiger partial charge in [0.15, 0.2) is 5.76 Å². The van der Waals surface area contributed by atoms with Crippen molar-refractivity contribution in [3.05, 3.63) is 59.8 Å². The molecule has 0 aromatic carbocycles. The van der Waals surface area contributed by atoms with E-state index in [0.29, 0.717) is 23.1 Å². The number of anilines is 1. The molecule has 3 aromatic rings. The van der Waals surface area contributed by atoms with Gasteiger partial charge >= 0.3 is 5.97 Å². The largest absolute Gasteiger partial charge is 0.478 e. The first-order valence-electron chi connectivity index (χ1n) is 8.01. The Hall–Kier alpha value is -3.75. The third kappa shape index (κ3) is 4.27. The Balaban J connectivity index is 1.72. The molecule has 1 amide bonds. The van der Waals surface area contributed by atoms with Crippen LogP contribution in [0.4, 0.5) is 5.95 Å². The van der Waals surface area contributed by atoms with Crippen LogP contribution in [0.5, 0.6) is 0 Å². The number of amides is 1. The lowest BCUT2D eigenvalue weighted by molar-refractivity contribution is 0.0696. The van der Waals surface area contributed by atoms with Gasteiger partial charge in [0, 0.05) is 26.5 Å². The second-order valence-corrected chi connectivity index (χ2v) is 5.82. The van der Waals surface area contributed by atoms with E-state index in [2.05, 4.69) is 20.3 Å². The van der Waals surface area contributed by atoms with E-state index in [-0.39, 0.29) is 23.8 Å². The van der Waals surface area contributed by atoms with Crippen molar-refractivity contribution in [2.45, 2.75) is 6.54 Å². The van der Waals surface area contributed by atoms with E-state index in [4.69, 9.17) is 9.52 Å². The Morgan fingerprint density at radius 3 is 2.63 bits per heavy atom. The van der Waals surface area contributed by atoms with Crippen LogP contribution in [0.1, 0.15) is 26.7 Å². The molecule has 3 heterocycles. The molecule has 0 fully saturated rings. The molecule has 0 radical (unpaired) electrons. The number of carboxylic acids is 1. The molecular formula is C18H17N5O4. The van der Waals surface area contributed by atoms with Crippen molar-refractivity contribution in [3.63, 3.8) is 0 Å². The maximum absolute atomic E-state index is 11.8. The Bertz CT molecular complexity index is 983. The molecule has 138 valence electrons. The summed E-state index contributed by atoms with van der Waals surface area (Å²) in [4.78, 5) is 37.0. The Labute approximate surface area is 154 Å². The molecule has 0 spiro atoms. The maximum atomic E-state index is 11.8. The molecule has 0 bridgehead atoms. The van der Waals surface area contributed by atoms with Crippen LogP contribution in [-0.2, 0) is 6.54 Å². The monoisotopic (exact) mass is 367 g/mol. The van der Waals surface area contributed by atoms with E-state index in [1.54, 1.807) is 38.5 Å². The van der Waals surface area contributed by atoms with E-state index in [1.807, 2.05) is 0 Å². The Morgan fingerprint density at radius 2 is 1.89 bits per heavy atom. The van der Waals surface area contributed by atoms with Crippen LogP contribution in [0.25, 0.3) is 11.4 Å². The van der Waals surface area contributed by atoms with Gasteiger partial charge in [0.25, 0.3) is 5.91 Å². The number of hydrogen-bond acceptors (Lipinski definition) is 7. The highest BCUT2D eigenvalue weighted by Gasteiger charge is 2.13. The number of aromatic nitrogens is 3. The SMILES string of the molecule is CN(C)C(=O)c1ccc(CNc2nccc(-c3cc(C(=O)O)ccn3)n2)o1. The number of hydrogen-bond donors (Lipinski definition) is 2. The van der Waals surface area contributed by atoms with E-state index < -0.39 is 5.97 Å². The summed E-state index contributed by atoms with van der Waals surface area (Å²) in [6.45, 7) is 0.284. The zero-order chi connectivity index (χ0) is 19.4. The van der Waals surface area contributed by atoms with Gasteiger partial charge in [0.2, 0.25) is 5.95 Å². The lowest BCUT2D eigenvalue weighted by Gasteiger charge is -2.07. The fourth-order valence-corrected chi connectivity index (χ4v) is 2.26. The molecule has 3 aromatic heterocycles. The highest BCUT2D eigenvalue weighted by molar-refractivity contribution is 5.91. The van der Waals surface area contributed by atoms with Gasteiger partial charge in [-0.3, -0.25) is 9.78 Å². The molecule has 9 heteroatoms. The highest BCUT2D eigenvalue weighted by Crippen LogP contribution is 2.17. The van der Waals surface area contributed by atoms with Gasteiger partial charge in [0.05, 0.1) is 23.5 Å². The molecule has 0 aliphatic rings. The molecule has 9 nitrogen and oxygen atoms in total. The predicted molar refractivity (Wildman–Crippen MR) is 96.3 cm³/mol. The predicted octanol–water partition coefficient (Wildman–Crippen LogP) is 2.14. The number of furan rings is 1. The van der Waals surface area contributed by atoms with Crippen molar-refractivity contribution in [1.29, 1.82) is 0 Å². The zero-order valence-electron chi connectivity index (χ0n) is 14.7. The minimum absolute atomic E-state index is 0.127. The summed E-state index contributed by atoms with van der Waals surface area (Å²) in [5.74, 6) is -0.121. The number of carboxylic acid groups (broad SMARTS) is 1. The Kier molecular flexibility index (Phi) is 5.11.